The molecule has 1 heterocycles. The van der Waals surface area contributed by atoms with Gasteiger partial charge in [0, 0.05) is 13.1 Å². The van der Waals surface area contributed by atoms with E-state index in [-0.39, 0.29) is 11.9 Å². The molecule has 1 saturated heterocycles. The molecule has 0 bridgehead atoms. The van der Waals surface area contributed by atoms with Crippen LogP contribution in [0.1, 0.15) is 11.1 Å². The molecule has 0 spiro atoms. The maximum absolute atomic E-state index is 12.3. The summed E-state index contributed by atoms with van der Waals surface area (Å²) < 4.78 is 5.35. The highest BCUT2D eigenvalue weighted by atomic mass is 16.5. The summed E-state index contributed by atoms with van der Waals surface area (Å²) in [6.07, 6.45) is 0.443. The lowest BCUT2D eigenvalue weighted by Crippen LogP contribution is -2.52. The number of morpholine rings is 1. The topological polar surface area (TPSA) is 55.6 Å². The second kappa shape index (κ2) is 5.98. The van der Waals surface area contributed by atoms with Crippen molar-refractivity contribution in [2.75, 3.05) is 26.3 Å². The van der Waals surface area contributed by atoms with Crippen molar-refractivity contribution in [1.82, 2.24) is 4.90 Å². The van der Waals surface area contributed by atoms with E-state index in [0.717, 1.165) is 5.56 Å². The van der Waals surface area contributed by atoms with E-state index in [0.29, 0.717) is 32.7 Å². The Balaban J connectivity index is 2.02. The zero-order valence-electron chi connectivity index (χ0n) is 10.8. The highest BCUT2D eigenvalue weighted by Crippen LogP contribution is 2.11. The van der Waals surface area contributed by atoms with Crippen LogP contribution in [0, 0.1) is 6.92 Å². The van der Waals surface area contributed by atoms with Gasteiger partial charge >= 0.3 is 0 Å². The Bertz CT molecular complexity index is 420. The summed E-state index contributed by atoms with van der Waals surface area (Å²) in [6, 6.07) is 8.08. The molecule has 1 amide bonds. The smallest absolute Gasteiger partial charge is 0.227 e. The fourth-order valence-corrected chi connectivity index (χ4v) is 2.28. The number of carbonyl (C=O) groups excluding carboxylic acids is 1. The molecule has 0 aromatic heterocycles. The number of ether oxygens (including phenoxy) is 1. The van der Waals surface area contributed by atoms with E-state index in [4.69, 9.17) is 10.5 Å². The average molecular weight is 248 g/mol. The van der Waals surface area contributed by atoms with Crippen molar-refractivity contribution < 1.29 is 9.53 Å². The number of nitrogens with zero attached hydrogens (tertiary/aromatic N) is 1. The number of nitrogens with two attached hydrogens (primary N) is 1. The second-order valence-electron chi connectivity index (χ2n) is 4.72. The molecule has 0 saturated carbocycles. The molecule has 98 valence electrons. The van der Waals surface area contributed by atoms with Crippen LogP contribution in [-0.2, 0) is 16.0 Å². The van der Waals surface area contributed by atoms with Crippen LogP contribution in [0.3, 0.4) is 0 Å². The number of aryl methyl sites for hydroxylation is 1. The Morgan fingerprint density at radius 3 is 3.11 bits per heavy atom. The summed E-state index contributed by atoms with van der Waals surface area (Å²) in [4.78, 5) is 14.1. The SMILES string of the molecule is Cc1cccc(CC(=O)N2CCOCC2CN)c1. The van der Waals surface area contributed by atoms with Crippen molar-refractivity contribution in [3.05, 3.63) is 35.4 Å². The number of carbonyl (C=O) groups is 1. The quantitative estimate of drug-likeness (QED) is 0.857. The van der Waals surface area contributed by atoms with Crippen LogP contribution >= 0.6 is 0 Å². The van der Waals surface area contributed by atoms with Crippen LogP contribution in [0.4, 0.5) is 0 Å². The van der Waals surface area contributed by atoms with E-state index in [2.05, 4.69) is 6.07 Å². The molecule has 2 N–H and O–H groups in total. The normalized spacial score (nSPS) is 19.9. The van der Waals surface area contributed by atoms with Gasteiger partial charge in [-0.2, -0.15) is 0 Å². The standard InChI is InChI=1S/C14H20N2O2/c1-11-3-2-4-12(7-11)8-14(17)16-5-6-18-10-13(16)9-15/h2-4,7,13H,5-6,8-10,15H2,1H3. The van der Waals surface area contributed by atoms with E-state index in [1.807, 2.05) is 30.0 Å². The average Bonchev–Trinajstić information content (AvgIpc) is 2.38. The molecule has 4 nitrogen and oxygen atoms in total. The molecular weight excluding hydrogens is 228 g/mol. The van der Waals surface area contributed by atoms with Crippen molar-refractivity contribution in [2.45, 2.75) is 19.4 Å². The molecule has 1 aromatic rings. The maximum Gasteiger partial charge on any atom is 0.227 e. The summed E-state index contributed by atoms with van der Waals surface area (Å²) in [5.41, 5.74) is 7.91. The lowest BCUT2D eigenvalue weighted by Gasteiger charge is -2.35. The van der Waals surface area contributed by atoms with E-state index in [1.165, 1.54) is 5.56 Å². The zero-order chi connectivity index (χ0) is 13.0. The van der Waals surface area contributed by atoms with Gasteiger partial charge in [-0.25, -0.2) is 0 Å². The van der Waals surface area contributed by atoms with E-state index >= 15 is 0 Å². The highest BCUT2D eigenvalue weighted by molar-refractivity contribution is 5.79. The van der Waals surface area contributed by atoms with Crippen LogP contribution < -0.4 is 5.73 Å². The Morgan fingerprint density at radius 2 is 2.39 bits per heavy atom. The number of hydrogen-bond acceptors (Lipinski definition) is 3. The lowest BCUT2D eigenvalue weighted by molar-refractivity contribution is -0.138. The summed E-state index contributed by atoms with van der Waals surface area (Å²) in [6.45, 7) is 4.30. The molecule has 1 aromatic carbocycles. The van der Waals surface area contributed by atoms with E-state index in [1.54, 1.807) is 0 Å². The zero-order valence-corrected chi connectivity index (χ0v) is 10.8. The predicted octanol–water partition coefficient (Wildman–Crippen LogP) is 0.724. The first-order valence-electron chi connectivity index (χ1n) is 6.33. The third-order valence-electron chi connectivity index (χ3n) is 3.26. The van der Waals surface area contributed by atoms with Gasteiger partial charge in [0.15, 0.2) is 0 Å². The highest BCUT2D eigenvalue weighted by Gasteiger charge is 2.25. The van der Waals surface area contributed by atoms with Crippen LogP contribution in [0.2, 0.25) is 0 Å². The number of benzene rings is 1. The van der Waals surface area contributed by atoms with Gasteiger partial charge in [0.05, 0.1) is 25.7 Å². The van der Waals surface area contributed by atoms with Crippen LogP contribution in [0.25, 0.3) is 0 Å². The molecular formula is C14H20N2O2. The van der Waals surface area contributed by atoms with Gasteiger partial charge in [-0.3, -0.25) is 4.79 Å². The molecule has 1 unspecified atom stereocenters. The van der Waals surface area contributed by atoms with Gasteiger partial charge in [-0.1, -0.05) is 29.8 Å². The molecule has 4 heteroatoms. The number of amides is 1. The molecule has 0 aliphatic carbocycles. The van der Waals surface area contributed by atoms with Gasteiger partial charge in [-0.15, -0.1) is 0 Å². The van der Waals surface area contributed by atoms with Gasteiger partial charge in [0.1, 0.15) is 0 Å². The van der Waals surface area contributed by atoms with E-state index in [9.17, 15) is 4.79 Å². The van der Waals surface area contributed by atoms with Crippen molar-refractivity contribution in [3.8, 4) is 0 Å². The third kappa shape index (κ3) is 3.09. The third-order valence-corrected chi connectivity index (χ3v) is 3.26. The summed E-state index contributed by atoms with van der Waals surface area (Å²) in [5.74, 6) is 0.138. The Hall–Kier alpha value is -1.39. The number of hydrogen-bond donors (Lipinski definition) is 1. The van der Waals surface area contributed by atoms with Crippen molar-refractivity contribution in [3.63, 3.8) is 0 Å². The van der Waals surface area contributed by atoms with Gasteiger partial charge in [-0.05, 0) is 12.5 Å². The lowest BCUT2D eigenvalue weighted by atomic mass is 10.1. The second-order valence-corrected chi connectivity index (χ2v) is 4.72. The first-order chi connectivity index (χ1) is 8.70. The fourth-order valence-electron chi connectivity index (χ4n) is 2.28. The largest absolute Gasteiger partial charge is 0.377 e. The van der Waals surface area contributed by atoms with Gasteiger partial charge < -0.3 is 15.4 Å². The summed E-state index contributed by atoms with van der Waals surface area (Å²) in [7, 11) is 0. The van der Waals surface area contributed by atoms with E-state index < -0.39 is 0 Å². The minimum Gasteiger partial charge on any atom is -0.377 e. The molecule has 1 atom stereocenters. The van der Waals surface area contributed by atoms with Gasteiger partial charge in [0.2, 0.25) is 5.91 Å². The van der Waals surface area contributed by atoms with Crippen molar-refractivity contribution in [2.24, 2.45) is 5.73 Å². The minimum atomic E-state index is 0.0241. The monoisotopic (exact) mass is 248 g/mol. The molecule has 1 fully saturated rings. The van der Waals surface area contributed by atoms with Crippen LogP contribution in [0.5, 0.6) is 0 Å². The fraction of sp³-hybridized carbons (Fsp3) is 0.500. The number of rotatable bonds is 3. The Kier molecular flexibility index (Phi) is 4.33. The first-order valence-corrected chi connectivity index (χ1v) is 6.33. The summed E-state index contributed by atoms with van der Waals surface area (Å²) >= 11 is 0. The molecule has 1 aliphatic rings. The first kappa shape index (κ1) is 13.1. The van der Waals surface area contributed by atoms with Crippen molar-refractivity contribution >= 4 is 5.91 Å². The molecule has 18 heavy (non-hydrogen) atoms. The molecule has 2 rings (SSSR count). The van der Waals surface area contributed by atoms with Crippen LogP contribution in [-0.4, -0.2) is 43.2 Å². The summed E-state index contributed by atoms with van der Waals surface area (Å²) in [5, 5.41) is 0. The Labute approximate surface area is 108 Å². The minimum absolute atomic E-state index is 0.0241. The van der Waals surface area contributed by atoms with Gasteiger partial charge in [0.25, 0.3) is 0 Å². The molecule has 1 aliphatic heterocycles. The van der Waals surface area contributed by atoms with Crippen LogP contribution in [0.15, 0.2) is 24.3 Å². The predicted molar refractivity (Wildman–Crippen MR) is 70.3 cm³/mol. The molecule has 0 radical (unpaired) electrons. The maximum atomic E-state index is 12.3. The van der Waals surface area contributed by atoms with Crippen molar-refractivity contribution in [1.29, 1.82) is 0 Å². The Morgan fingerprint density at radius 1 is 1.56 bits per heavy atom.